The molecule has 2 atom stereocenters. The molecule has 2 unspecified atom stereocenters. The van der Waals surface area contributed by atoms with Crippen LogP contribution in [0.4, 0.5) is 0 Å². The van der Waals surface area contributed by atoms with Crippen LogP contribution in [0.25, 0.3) is 0 Å². The van der Waals surface area contributed by atoms with Crippen molar-refractivity contribution in [3.05, 3.63) is 46.2 Å². The number of nitrogens with one attached hydrogen (secondary N) is 1. The van der Waals surface area contributed by atoms with Gasteiger partial charge in [-0.25, -0.2) is 4.99 Å². The highest BCUT2D eigenvalue weighted by atomic mass is 35.5. The van der Waals surface area contributed by atoms with E-state index in [4.69, 9.17) is 22.1 Å². The van der Waals surface area contributed by atoms with Gasteiger partial charge in [0.2, 0.25) is 0 Å². The number of benzene rings is 1. The molecule has 1 aromatic carbocycles. The molecule has 0 saturated carbocycles. The summed E-state index contributed by atoms with van der Waals surface area (Å²) < 4.78 is 5.41. The minimum atomic E-state index is -0.494. The number of ether oxygens (including phenoxy) is 1. The Morgan fingerprint density at radius 2 is 1.95 bits per heavy atom. The number of rotatable bonds is 3. The summed E-state index contributed by atoms with van der Waals surface area (Å²) in [5, 5.41) is 0.597. The van der Waals surface area contributed by atoms with Gasteiger partial charge in [0.05, 0.1) is 17.7 Å². The standard InChI is InChI=1S/C17H21ClN2O2/c1-9(2)22-17(21)14-10(3)20-11(4)16(19)15(14)12-7-5-6-8-13(12)18/h5-9,14-15H,19H2,1-4H3/p+1. The molecule has 2 rings (SSSR count). The summed E-state index contributed by atoms with van der Waals surface area (Å²) in [5.74, 6) is -1.10. The van der Waals surface area contributed by atoms with Crippen molar-refractivity contribution >= 4 is 23.3 Å². The van der Waals surface area contributed by atoms with Crippen LogP contribution in [-0.4, -0.2) is 17.8 Å². The molecule has 1 aromatic rings. The zero-order valence-corrected chi connectivity index (χ0v) is 14.1. The molecule has 1 heterocycles. The van der Waals surface area contributed by atoms with E-state index in [1.165, 1.54) is 0 Å². The molecule has 3 N–H and O–H groups in total. The summed E-state index contributed by atoms with van der Waals surface area (Å²) in [6, 6.07) is 7.47. The summed E-state index contributed by atoms with van der Waals surface area (Å²) in [6.07, 6.45) is -0.180. The number of carbonyl (C=O) groups is 1. The van der Waals surface area contributed by atoms with Crippen molar-refractivity contribution < 1.29 is 14.5 Å². The third-order valence-corrected chi connectivity index (χ3v) is 4.14. The Labute approximate surface area is 136 Å². The van der Waals surface area contributed by atoms with Crippen molar-refractivity contribution in [1.29, 1.82) is 0 Å². The van der Waals surface area contributed by atoms with E-state index in [2.05, 4.69) is 4.99 Å². The quantitative estimate of drug-likeness (QED) is 0.833. The molecule has 0 spiro atoms. The molecular weight excluding hydrogens is 300 g/mol. The van der Waals surface area contributed by atoms with Crippen molar-refractivity contribution in [2.24, 2.45) is 11.7 Å². The van der Waals surface area contributed by atoms with Crippen molar-refractivity contribution in [3.8, 4) is 0 Å². The van der Waals surface area contributed by atoms with Crippen LogP contribution in [0, 0.1) is 5.92 Å². The van der Waals surface area contributed by atoms with Gasteiger partial charge in [0.15, 0.2) is 11.4 Å². The first kappa shape index (κ1) is 16.6. The fourth-order valence-electron chi connectivity index (χ4n) is 2.80. The molecular formula is C17H22ClN2O2+. The van der Waals surface area contributed by atoms with Gasteiger partial charge in [0.25, 0.3) is 0 Å². The molecule has 5 heteroatoms. The van der Waals surface area contributed by atoms with Crippen molar-refractivity contribution in [2.45, 2.75) is 39.7 Å². The van der Waals surface area contributed by atoms with E-state index in [0.29, 0.717) is 10.7 Å². The van der Waals surface area contributed by atoms with Gasteiger partial charge in [-0.1, -0.05) is 29.8 Å². The normalized spacial score (nSPS) is 21.8. The lowest BCUT2D eigenvalue weighted by atomic mass is 9.78. The van der Waals surface area contributed by atoms with Gasteiger partial charge in [-0.05, 0) is 25.5 Å². The number of carbonyl (C=O) groups excluding carboxylic acids is 1. The molecule has 0 aromatic heterocycles. The average molecular weight is 322 g/mol. The smallest absolute Gasteiger partial charge is 0.320 e. The Hall–Kier alpha value is -1.81. The highest BCUT2D eigenvalue weighted by molar-refractivity contribution is 6.31. The molecule has 0 fully saturated rings. The van der Waals surface area contributed by atoms with Crippen LogP contribution in [0.1, 0.15) is 39.2 Å². The first-order chi connectivity index (χ1) is 10.3. The second kappa shape index (κ2) is 6.53. The molecule has 0 saturated heterocycles. The Kier molecular flexibility index (Phi) is 4.91. The van der Waals surface area contributed by atoms with Crippen molar-refractivity contribution in [3.63, 3.8) is 0 Å². The molecule has 118 valence electrons. The SMILES string of the molecule is CC1=[NH+]C(C)=C(N)C(c2ccccc2Cl)C1C(=O)OC(C)C. The van der Waals surface area contributed by atoms with Gasteiger partial charge < -0.3 is 10.5 Å². The molecule has 0 aliphatic carbocycles. The predicted octanol–water partition coefficient (Wildman–Crippen LogP) is 1.74. The Bertz CT molecular complexity index is 650. The number of esters is 1. The summed E-state index contributed by atoms with van der Waals surface area (Å²) in [4.78, 5) is 15.7. The van der Waals surface area contributed by atoms with Gasteiger partial charge in [-0.15, -0.1) is 0 Å². The first-order valence-electron chi connectivity index (χ1n) is 7.34. The third kappa shape index (κ3) is 3.17. The second-order valence-electron chi connectivity index (χ2n) is 5.85. The highest BCUT2D eigenvalue weighted by Gasteiger charge is 2.43. The third-order valence-electron chi connectivity index (χ3n) is 3.80. The fourth-order valence-corrected chi connectivity index (χ4v) is 3.05. The minimum Gasteiger partial charge on any atom is -0.462 e. The van der Waals surface area contributed by atoms with Crippen LogP contribution >= 0.6 is 11.6 Å². The lowest BCUT2D eigenvalue weighted by Crippen LogP contribution is -2.75. The number of hydrogen-bond acceptors (Lipinski definition) is 3. The maximum atomic E-state index is 12.6. The van der Waals surface area contributed by atoms with E-state index in [1.807, 2.05) is 52.0 Å². The molecule has 0 amide bonds. The molecule has 1 aliphatic rings. The molecule has 22 heavy (non-hydrogen) atoms. The van der Waals surface area contributed by atoms with E-state index in [1.54, 1.807) is 0 Å². The highest BCUT2D eigenvalue weighted by Crippen LogP contribution is 2.36. The summed E-state index contributed by atoms with van der Waals surface area (Å²) in [7, 11) is 0. The van der Waals surface area contributed by atoms with E-state index in [0.717, 1.165) is 17.0 Å². The van der Waals surface area contributed by atoms with Crippen LogP contribution in [0.5, 0.6) is 0 Å². The topological polar surface area (TPSA) is 66.3 Å². The Balaban J connectivity index is 2.52. The lowest BCUT2D eigenvalue weighted by molar-refractivity contribution is -0.405. The maximum absolute atomic E-state index is 12.6. The van der Waals surface area contributed by atoms with Crippen LogP contribution in [0.3, 0.4) is 0 Å². The Morgan fingerprint density at radius 1 is 1.32 bits per heavy atom. The van der Waals surface area contributed by atoms with Crippen LogP contribution in [-0.2, 0) is 9.53 Å². The number of nitrogens with two attached hydrogens (primary N) is 1. The summed E-state index contributed by atoms with van der Waals surface area (Å²) >= 11 is 6.33. The number of halogens is 1. The van der Waals surface area contributed by atoms with Crippen molar-refractivity contribution in [1.82, 2.24) is 0 Å². The lowest BCUT2D eigenvalue weighted by Gasteiger charge is -2.28. The van der Waals surface area contributed by atoms with Crippen LogP contribution in [0.2, 0.25) is 5.02 Å². The van der Waals surface area contributed by atoms with E-state index in [9.17, 15) is 4.79 Å². The Morgan fingerprint density at radius 3 is 2.55 bits per heavy atom. The van der Waals surface area contributed by atoms with Crippen LogP contribution in [0.15, 0.2) is 35.7 Å². The van der Waals surface area contributed by atoms with Gasteiger partial charge in [-0.2, -0.15) is 0 Å². The molecule has 1 aliphatic heterocycles. The first-order valence-corrected chi connectivity index (χ1v) is 7.72. The van der Waals surface area contributed by atoms with Gasteiger partial charge in [0, 0.05) is 18.9 Å². The summed E-state index contributed by atoms with van der Waals surface area (Å²) in [5.41, 5.74) is 9.40. The van der Waals surface area contributed by atoms with Crippen LogP contribution < -0.4 is 10.7 Å². The zero-order chi connectivity index (χ0) is 16.4. The second-order valence-corrected chi connectivity index (χ2v) is 6.26. The van der Waals surface area contributed by atoms with E-state index < -0.39 is 5.92 Å². The van der Waals surface area contributed by atoms with E-state index >= 15 is 0 Å². The van der Waals surface area contributed by atoms with Crippen molar-refractivity contribution in [2.75, 3.05) is 0 Å². The van der Waals surface area contributed by atoms with E-state index in [-0.39, 0.29) is 18.0 Å². The van der Waals surface area contributed by atoms with Gasteiger partial charge >= 0.3 is 5.97 Å². The van der Waals surface area contributed by atoms with Gasteiger partial charge in [-0.3, -0.25) is 4.79 Å². The average Bonchev–Trinajstić information content (AvgIpc) is 2.42. The fraction of sp³-hybridized carbons (Fsp3) is 0.412. The zero-order valence-electron chi connectivity index (χ0n) is 13.3. The monoisotopic (exact) mass is 321 g/mol. The molecule has 0 bridgehead atoms. The summed E-state index contributed by atoms with van der Waals surface area (Å²) in [6.45, 7) is 7.44. The molecule has 4 nitrogen and oxygen atoms in total. The predicted molar refractivity (Wildman–Crippen MR) is 87.4 cm³/mol. The van der Waals surface area contributed by atoms with Gasteiger partial charge in [0.1, 0.15) is 5.92 Å². The number of allylic oxidation sites excluding steroid dienone is 2. The largest absolute Gasteiger partial charge is 0.462 e. The number of hydrogen-bond donors (Lipinski definition) is 2. The molecule has 0 radical (unpaired) electrons. The maximum Gasteiger partial charge on any atom is 0.320 e. The minimum absolute atomic E-state index is 0.180.